The summed E-state index contributed by atoms with van der Waals surface area (Å²) in [5.41, 5.74) is 6.71. The first kappa shape index (κ1) is 28.0. The van der Waals surface area contributed by atoms with Crippen LogP contribution in [0.1, 0.15) is 80.2 Å². The number of pyridine rings is 1. The number of carbonyl (C=O) groups is 1. The number of carboxylic acids is 1. The molecule has 3 aromatic rings. The molecule has 3 atom stereocenters. The smallest absolute Gasteiger partial charge is 0.306 e. The third kappa shape index (κ3) is 6.09. The fraction of sp³-hybridized carbons (Fsp3) is 0.471. The van der Waals surface area contributed by atoms with E-state index in [0.29, 0.717) is 23.4 Å². The molecule has 2 aromatic carbocycles. The van der Waals surface area contributed by atoms with E-state index in [4.69, 9.17) is 21.1 Å². The van der Waals surface area contributed by atoms with E-state index in [-0.39, 0.29) is 12.0 Å². The Morgan fingerprint density at radius 3 is 2.66 bits per heavy atom. The van der Waals surface area contributed by atoms with Gasteiger partial charge < -0.3 is 14.6 Å². The van der Waals surface area contributed by atoms with Gasteiger partial charge >= 0.3 is 5.97 Å². The Morgan fingerprint density at radius 2 is 1.93 bits per heavy atom. The summed E-state index contributed by atoms with van der Waals surface area (Å²) in [6.07, 6.45) is 8.10. The predicted molar refractivity (Wildman–Crippen MR) is 161 cm³/mol. The zero-order valence-corrected chi connectivity index (χ0v) is 24.7. The number of likely N-dealkylation sites (tertiary alicyclic amines) is 1. The summed E-state index contributed by atoms with van der Waals surface area (Å²) in [5.74, 6) is 0.802. The zero-order valence-electron chi connectivity index (χ0n) is 23.9. The number of fused-ring (bicyclic) bond motifs is 1. The number of rotatable bonds is 10. The molecule has 0 spiro atoms. The Morgan fingerprint density at radius 1 is 1.12 bits per heavy atom. The van der Waals surface area contributed by atoms with Crippen LogP contribution in [-0.4, -0.2) is 40.7 Å². The van der Waals surface area contributed by atoms with E-state index >= 15 is 0 Å². The second kappa shape index (κ2) is 12.0. The summed E-state index contributed by atoms with van der Waals surface area (Å²) < 4.78 is 12.4. The van der Waals surface area contributed by atoms with Crippen LogP contribution in [0.25, 0.3) is 11.1 Å². The van der Waals surface area contributed by atoms with Gasteiger partial charge in [0, 0.05) is 18.2 Å². The average Bonchev–Trinajstić information content (AvgIpc) is 3.68. The van der Waals surface area contributed by atoms with E-state index in [1.165, 1.54) is 24.0 Å². The Labute approximate surface area is 247 Å². The van der Waals surface area contributed by atoms with Crippen LogP contribution in [0.5, 0.6) is 11.6 Å². The number of hydrogen-bond acceptors (Lipinski definition) is 5. The van der Waals surface area contributed by atoms with E-state index in [9.17, 15) is 9.90 Å². The maximum atomic E-state index is 11.9. The highest BCUT2D eigenvalue weighted by Gasteiger charge is 2.39. The molecule has 1 aromatic heterocycles. The minimum absolute atomic E-state index is 0.0276. The lowest BCUT2D eigenvalue weighted by atomic mass is 9.82. The van der Waals surface area contributed by atoms with E-state index in [2.05, 4.69) is 46.3 Å². The second-order valence-electron chi connectivity index (χ2n) is 11.8. The van der Waals surface area contributed by atoms with Crippen molar-refractivity contribution in [2.45, 2.75) is 70.9 Å². The molecule has 6 rings (SSSR count). The lowest BCUT2D eigenvalue weighted by molar-refractivity contribution is -0.142. The third-order valence-electron chi connectivity index (χ3n) is 8.99. The molecule has 1 aliphatic carbocycles. The van der Waals surface area contributed by atoms with Crippen molar-refractivity contribution in [3.63, 3.8) is 0 Å². The number of aromatic nitrogens is 1. The largest absolute Gasteiger partial charge is 0.485 e. The van der Waals surface area contributed by atoms with Gasteiger partial charge in [0.2, 0.25) is 5.88 Å². The van der Waals surface area contributed by atoms with Gasteiger partial charge in [-0.05, 0) is 104 Å². The molecule has 3 heterocycles. The van der Waals surface area contributed by atoms with Gasteiger partial charge in [-0.25, -0.2) is 4.98 Å². The number of aliphatic carboxylic acids is 1. The highest BCUT2D eigenvalue weighted by Crippen LogP contribution is 2.48. The SMILES string of the molecule is CCOc1cc(-c2ccc(C3CCc4ccc([C@H](C5CC5)[C@H](C)C(=O)O)cc4O3)cc2CN2CCCC2)c(Cl)cn1. The van der Waals surface area contributed by atoms with Crippen molar-refractivity contribution in [3.8, 4) is 22.8 Å². The van der Waals surface area contributed by atoms with E-state index < -0.39 is 11.9 Å². The zero-order chi connectivity index (χ0) is 28.5. The van der Waals surface area contributed by atoms with Crippen molar-refractivity contribution >= 4 is 17.6 Å². The first-order valence-corrected chi connectivity index (χ1v) is 15.4. The second-order valence-corrected chi connectivity index (χ2v) is 12.2. The quantitative estimate of drug-likeness (QED) is 0.268. The van der Waals surface area contributed by atoms with Crippen LogP contribution in [0.2, 0.25) is 5.02 Å². The molecule has 2 fully saturated rings. The van der Waals surface area contributed by atoms with Crippen LogP contribution in [0.4, 0.5) is 0 Å². The van der Waals surface area contributed by atoms with Crippen molar-refractivity contribution in [1.82, 2.24) is 9.88 Å². The summed E-state index contributed by atoms with van der Waals surface area (Å²) in [5, 5.41) is 10.4. The van der Waals surface area contributed by atoms with Crippen LogP contribution in [0, 0.1) is 11.8 Å². The van der Waals surface area contributed by atoms with Crippen molar-refractivity contribution in [1.29, 1.82) is 0 Å². The molecule has 1 N–H and O–H groups in total. The van der Waals surface area contributed by atoms with Gasteiger partial charge in [0.1, 0.15) is 11.9 Å². The molecule has 1 unspecified atom stereocenters. The fourth-order valence-electron chi connectivity index (χ4n) is 6.65. The Kier molecular flexibility index (Phi) is 8.23. The molecule has 0 radical (unpaired) electrons. The topological polar surface area (TPSA) is 71.9 Å². The normalized spacial score (nSPS) is 20.2. The van der Waals surface area contributed by atoms with E-state index in [1.807, 2.05) is 19.9 Å². The number of hydrogen-bond donors (Lipinski definition) is 1. The van der Waals surface area contributed by atoms with Gasteiger partial charge in [0.25, 0.3) is 0 Å². The Balaban J connectivity index is 1.31. The van der Waals surface area contributed by atoms with Crippen molar-refractivity contribution in [2.75, 3.05) is 19.7 Å². The number of nitrogens with zero attached hydrogens (tertiary/aromatic N) is 2. The highest BCUT2D eigenvalue weighted by molar-refractivity contribution is 6.33. The van der Waals surface area contributed by atoms with Gasteiger partial charge in [0.15, 0.2) is 0 Å². The van der Waals surface area contributed by atoms with E-state index in [1.54, 1.807) is 6.20 Å². The average molecular weight is 575 g/mol. The first-order chi connectivity index (χ1) is 19.9. The lowest BCUT2D eigenvalue weighted by Crippen LogP contribution is -2.22. The van der Waals surface area contributed by atoms with Crippen LogP contribution in [0.15, 0.2) is 48.7 Å². The maximum Gasteiger partial charge on any atom is 0.306 e. The molecule has 6 nitrogen and oxygen atoms in total. The van der Waals surface area contributed by atoms with Crippen molar-refractivity contribution in [3.05, 3.63) is 75.9 Å². The molecular formula is C34H39ClN2O4. The predicted octanol–water partition coefficient (Wildman–Crippen LogP) is 7.68. The molecule has 7 heteroatoms. The first-order valence-electron chi connectivity index (χ1n) is 15.1. The van der Waals surface area contributed by atoms with Crippen molar-refractivity contribution < 1.29 is 19.4 Å². The van der Waals surface area contributed by atoms with Crippen LogP contribution < -0.4 is 9.47 Å². The van der Waals surface area contributed by atoms with E-state index in [0.717, 1.165) is 73.3 Å². The number of carboxylic acid groups (broad SMARTS) is 1. The highest BCUT2D eigenvalue weighted by atomic mass is 35.5. The minimum atomic E-state index is -0.730. The maximum absolute atomic E-state index is 11.9. The molecule has 41 heavy (non-hydrogen) atoms. The monoisotopic (exact) mass is 574 g/mol. The summed E-state index contributed by atoms with van der Waals surface area (Å²) in [4.78, 5) is 18.7. The molecule has 0 amide bonds. The number of benzene rings is 2. The summed E-state index contributed by atoms with van der Waals surface area (Å²) >= 11 is 6.68. The van der Waals surface area contributed by atoms with Crippen LogP contribution >= 0.6 is 11.6 Å². The number of halogens is 1. The molecule has 1 saturated heterocycles. The van der Waals surface area contributed by atoms with Crippen LogP contribution in [0.3, 0.4) is 0 Å². The molecule has 0 bridgehead atoms. The Hall–Kier alpha value is -3.09. The molecule has 3 aliphatic rings. The molecular weight excluding hydrogens is 536 g/mol. The lowest BCUT2D eigenvalue weighted by Gasteiger charge is -2.29. The molecule has 216 valence electrons. The fourth-order valence-corrected chi connectivity index (χ4v) is 6.85. The minimum Gasteiger partial charge on any atom is -0.485 e. The molecule has 1 saturated carbocycles. The summed E-state index contributed by atoms with van der Waals surface area (Å²) in [6, 6.07) is 15.0. The van der Waals surface area contributed by atoms with Gasteiger partial charge in [0.05, 0.1) is 23.7 Å². The third-order valence-corrected chi connectivity index (χ3v) is 9.29. The molecule has 2 aliphatic heterocycles. The van der Waals surface area contributed by atoms with Crippen LogP contribution in [-0.2, 0) is 17.8 Å². The van der Waals surface area contributed by atoms with Gasteiger partial charge in [-0.15, -0.1) is 0 Å². The number of aryl methyl sites for hydroxylation is 1. The Bertz CT molecular complexity index is 1420. The van der Waals surface area contributed by atoms with Gasteiger partial charge in [-0.2, -0.15) is 0 Å². The summed E-state index contributed by atoms with van der Waals surface area (Å²) in [6.45, 7) is 7.40. The van der Waals surface area contributed by atoms with Crippen molar-refractivity contribution in [2.24, 2.45) is 11.8 Å². The number of ether oxygens (including phenoxy) is 2. The van der Waals surface area contributed by atoms with Gasteiger partial charge in [-0.3, -0.25) is 9.69 Å². The standard InChI is InChI=1S/C34H39ClN2O4/c1-3-40-32-18-28(29(35)19-36-32)27-12-10-24(16-26(27)20-37-14-4-5-15-37)30-13-11-22-6-9-25(17-31(22)41-30)33(23-7-8-23)21(2)34(38)39/h6,9-10,12,16-19,21,23,30,33H,3-5,7-8,11,13-15,20H2,1-2H3,(H,38,39)/t21-,30?,33-/m0/s1. The summed E-state index contributed by atoms with van der Waals surface area (Å²) in [7, 11) is 0. The van der Waals surface area contributed by atoms with Gasteiger partial charge in [-0.1, -0.05) is 48.9 Å².